The van der Waals surface area contributed by atoms with Gasteiger partial charge in [0.15, 0.2) is 0 Å². The first-order valence-corrected chi connectivity index (χ1v) is 2.98. The van der Waals surface area contributed by atoms with Crippen molar-refractivity contribution in [3.8, 4) is 0 Å². The van der Waals surface area contributed by atoms with Gasteiger partial charge in [-0.1, -0.05) is 0 Å². The van der Waals surface area contributed by atoms with E-state index in [1.807, 2.05) is 0 Å². The molecule has 1 amide bonds. The highest BCUT2D eigenvalue weighted by atomic mass is 16.3. The number of hydrogen-bond acceptors (Lipinski definition) is 3. The van der Waals surface area contributed by atoms with Gasteiger partial charge in [-0.25, -0.2) is 0 Å². The number of amides is 1. The number of aldehydes is 1. The molecule has 0 heterocycles. The van der Waals surface area contributed by atoms with Crippen LogP contribution in [-0.4, -0.2) is 29.4 Å². The Kier molecular flexibility index (Phi) is 3.64. The largest absolute Gasteiger partial charge is 0.391 e. The van der Waals surface area contributed by atoms with Crippen LogP contribution in [0.25, 0.3) is 0 Å². The monoisotopic (exact) mass is 145 g/mol. The maximum Gasteiger partial charge on any atom is 0.217 e. The van der Waals surface area contributed by atoms with Crippen molar-refractivity contribution in [3.63, 3.8) is 0 Å². The zero-order valence-corrected chi connectivity index (χ0v) is 6.00. The summed E-state index contributed by atoms with van der Waals surface area (Å²) in [5, 5.41) is 11.1. The molecule has 0 spiro atoms. The number of rotatable bonds is 3. The molecule has 0 radical (unpaired) electrons. The third kappa shape index (κ3) is 3.19. The highest BCUT2D eigenvalue weighted by Gasteiger charge is 2.13. The minimum atomic E-state index is -0.832. The summed E-state index contributed by atoms with van der Waals surface area (Å²) in [5.74, 6) is -0.321. The molecule has 2 atom stereocenters. The smallest absolute Gasteiger partial charge is 0.217 e. The first-order chi connectivity index (χ1) is 4.57. The first kappa shape index (κ1) is 9.10. The lowest BCUT2D eigenvalue weighted by Crippen LogP contribution is -2.42. The normalized spacial score (nSPS) is 15.5. The fourth-order valence-corrected chi connectivity index (χ4v) is 0.503. The summed E-state index contributed by atoms with van der Waals surface area (Å²) in [5.41, 5.74) is 0. The molecule has 58 valence electrons. The minimum absolute atomic E-state index is 0.321. The van der Waals surface area contributed by atoms with E-state index in [1.165, 1.54) is 13.8 Å². The molecule has 0 aliphatic heterocycles. The number of carbonyl (C=O) groups excluding carboxylic acids is 2. The van der Waals surface area contributed by atoms with Crippen molar-refractivity contribution >= 4 is 12.2 Å². The van der Waals surface area contributed by atoms with Gasteiger partial charge >= 0.3 is 0 Å². The van der Waals surface area contributed by atoms with Gasteiger partial charge < -0.3 is 15.2 Å². The van der Waals surface area contributed by atoms with Crippen LogP contribution in [0.2, 0.25) is 0 Å². The number of aliphatic hydroxyl groups is 1. The third-order valence-electron chi connectivity index (χ3n) is 1.04. The van der Waals surface area contributed by atoms with Gasteiger partial charge in [-0.3, -0.25) is 4.79 Å². The van der Waals surface area contributed by atoms with E-state index >= 15 is 0 Å². The molecule has 0 aromatic carbocycles. The average Bonchev–Trinajstić information content (AvgIpc) is 1.81. The lowest BCUT2D eigenvalue weighted by Gasteiger charge is -2.12. The lowest BCUT2D eigenvalue weighted by atomic mass is 10.2. The summed E-state index contributed by atoms with van der Waals surface area (Å²) in [4.78, 5) is 20.4. The fourth-order valence-electron chi connectivity index (χ4n) is 0.503. The predicted molar refractivity (Wildman–Crippen MR) is 35.3 cm³/mol. The van der Waals surface area contributed by atoms with E-state index in [2.05, 4.69) is 5.32 Å². The number of aliphatic hydroxyl groups excluding tert-OH is 1. The average molecular weight is 145 g/mol. The molecule has 0 rings (SSSR count). The minimum Gasteiger partial charge on any atom is -0.391 e. The Morgan fingerprint density at radius 3 is 2.30 bits per heavy atom. The molecule has 0 aromatic heterocycles. The second-order valence-corrected chi connectivity index (χ2v) is 2.10. The molecule has 0 aliphatic rings. The Labute approximate surface area is 59.2 Å². The maximum atomic E-state index is 10.3. The van der Waals surface area contributed by atoms with Gasteiger partial charge in [-0.05, 0) is 6.92 Å². The molecular weight excluding hydrogens is 134 g/mol. The third-order valence-corrected chi connectivity index (χ3v) is 1.04. The Morgan fingerprint density at radius 1 is 1.70 bits per heavy atom. The maximum absolute atomic E-state index is 10.3. The van der Waals surface area contributed by atoms with Crippen LogP contribution >= 0.6 is 0 Å². The van der Waals surface area contributed by atoms with E-state index in [4.69, 9.17) is 5.11 Å². The van der Waals surface area contributed by atoms with E-state index < -0.39 is 12.1 Å². The standard InChI is InChI=1S/C6H11NO3/c1-4(9)6(3-8)7-5(2)10/h3-4,6,9H,1-2H3,(H,7,10)/t4-,6-/m1/s1. The molecule has 10 heavy (non-hydrogen) atoms. The second-order valence-electron chi connectivity index (χ2n) is 2.10. The zero-order valence-electron chi connectivity index (χ0n) is 6.00. The Morgan fingerprint density at radius 2 is 2.20 bits per heavy atom. The number of hydrogen-bond donors (Lipinski definition) is 2. The lowest BCUT2D eigenvalue weighted by molar-refractivity contribution is -0.123. The van der Waals surface area contributed by atoms with Crippen molar-refractivity contribution in [2.24, 2.45) is 0 Å². The van der Waals surface area contributed by atoms with E-state index in [9.17, 15) is 9.59 Å². The van der Waals surface area contributed by atoms with Crippen molar-refractivity contribution in [3.05, 3.63) is 0 Å². The molecule has 0 saturated heterocycles. The summed E-state index contributed by atoms with van der Waals surface area (Å²) in [7, 11) is 0. The molecule has 0 unspecified atom stereocenters. The van der Waals surface area contributed by atoms with Crippen LogP contribution in [0.1, 0.15) is 13.8 Å². The van der Waals surface area contributed by atoms with E-state index in [0.29, 0.717) is 6.29 Å². The van der Waals surface area contributed by atoms with Gasteiger partial charge in [-0.2, -0.15) is 0 Å². The molecule has 0 bridgehead atoms. The van der Waals surface area contributed by atoms with E-state index in [1.54, 1.807) is 0 Å². The summed E-state index contributed by atoms with van der Waals surface area (Å²) >= 11 is 0. The number of nitrogens with one attached hydrogen (secondary N) is 1. The quantitative estimate of drug-likeness (QED) is 0.504. The Hall–Kier alpha value is -0.900. The molecule has 0 fully saturated rings. The van der Waals surface area contributed by atoms with Gasteiger partial charge in [0.2, 0.25) is 5.91 Å². The molecular formula is C6H11NO3. The second kappa shape index (κ2) is 4.00. The van der Waals surface area contributed by atoms with Gasteiger partial charge in [0, 0.05) is 6.92 Å². The van der Waals surface area contributed by atoms with Gasteiger partial charge in [0.05, 0.1) is 6.10 Å². The molecule has 4 heteroatoms. The van der Waals surface area contributed by atoms with Crippen LogP contribution < -0.4 is 5.32 Å². The zero-order chi connectivity index (χ0) is 8.15. The highest BCUT2D eigenvalue weighted by Crippen LogP contribution is 1.87. The van der Waals surface area contributed by atoms with Crippen LogP contribution in [0, 0.1) is 0 Å². The van der Waals surface area contributed by atoms with Crippen LogP contribution in [0.4, 0.5) is 0 Å². The van der Waals surface area contributed by atoms with Crippen molar-refractivity contribution in [1.29, 1.82) is 0 Å². The molecule has 0 saturated carbocycles. The molecule has 2 N–H and O–H groups in total. The van der Waals surface area contributed by atoms with Gasteiger partial charge in [0.25, 0.3) is 0 Å². The Bertz CT molecular complexity index is 133. The molecule has 0 aromatic rings. The van der Waals surface area contributed by atoms with Crippen molar-refractivity contribution in [1.82, 2.24) is 5.32 Å². The first-order valence-electron chi connectivity index (χ1n) is 2.98. The van der Waals surface area contributed by atoms with Gasteiger partial charge in [-0.15, -0.1) is 0 Å². The summed E-state index contributed by atoms with van der Waals surface area (Å²) in [6, 6.07) is -0.780. The van der Waals surface area contributed by atoms with E-state index in [-0.39, 0.29) is 5.91 Å². The van der Waals surface area contributed by atoms with Crippen LogP contribution in [0.15, 0.2) is 0 Å². The fraction of sp³-hybridized carbons (Fsp3) is 0.667. The predicted octanol–water partition coefficient (Wildman–Crippen LogP) is -0.929. The molecule has 0 aliphatic carbocycles. The summed E-state index contributed by atoms with van der Waals surface area (Å²) < 4.78 is 0. The summed E-state index contributed by atoms with van der Waals surface area (Å²) in [6.07, 6.45) is -0.326. The number of carbonyl (C=O) groups is 2. The van der Waals surface area contributed by atoms with E-state index in [0.717, 1.165) is 0 Å². The van der Waals surface area contributed by atoms with Gasteiger partial charge in [0.1, 0.15) is 12.3 Å². The van der Waals surface area contributed by atoms with Crippen LogP contribution in [0.3, 0.4) is 0 Å². The van der Waals surface area contributed by atoms with Crippen LogP contribution in [-0.2, 0) is 9.59 Å². The highest BCUT2D eigenvalue weighted by molar-refractivity contribution is 5.77. The SMILES string of the molecule is CC(=O)N[C@H](C=O)[C@@H](C)O. The van der Waals surface area contributed by atoms with Crippen molar-refractivity contribution < 1.29 is 14.7 Å². The van der Waals surface area contributed by atoms with Crippen molar-refractivity contribution in [2.45, 2.75) is 26.0 Å². The Balaban J connectivity index is 3.83. The summed E-state index contributed by atoms with van der Waals surface area (Å²) in [6.45, 7) is 2.73. The van der Waals surface area contributed by atoms with Crippen LogP contribution in [0.5, 0.6) is 0 Å². The topological polar surface area (TPSA) is 66.4 Å². The van der Waals surface area contributed by atoms with Crippen molar-refractivity contribution in [2.75, 3.05) is 0 Å². The molecule has 4 nitrogen and oxygen atoms in total.